The molecule has 0 bridgehead atoms. The highest BCUT2D eigenvalue weighted by Gasteiger charge is 2.29. The van der Waals surface area contributed by atoms with E-state index in [1.165, 1.54) is 0 Å². The molecular weight excluding hydrogens is 294 g/mol. The molecule has 1 heterocycles. The van der Waals surface area contributed by atoms with Crippen molar-refractivity contribution in [1.82, 2.24) is 0 Å². The monoisotopic (exact) mass is 313 g/mol. The summed E-state index contributed by atoms with van der Waals surface area (Å²) in [6, 6.07) is 6.43. The molecule has 0 amide bonds. The Kier molecular flexibility index (Phi) is 4.30. The average Bonchev–Trinajstić information content (AvgIpc) is 2.74. The maximum Gasteiger partial charge on any atom is 0.0782 e. The molecule has 100 valence electrons. The second-order valence-electron chi connectivity index (χ2n) is 4.92. The largest absolute Gasteiger partial charge is 0.389 e. The van der Waals surface area contributed by atoms with Crippen molar-refractivity contribution in [1.29, 1.82) is 0 Å². The van der Waals surface area contributed by atoms with E-state index < -0.39 is 6.10 Å². The van der Waals surface area contributed by atoms with Crippen LogP contribution in [0.5, 0.6) is 0 Å². The summed E-state index contributed by atoms with van der Waals surface area (Å²) >= 11 is 3.45. The molecule has 0 aromatic heterocycles. The third-order valence-corrected chi connectivity index (χ3v) is 4.15. The van der Waals surface area contributed by atoms with Gasteiger partial charge in [-0.25, -0.2) is 0 Å². The number of ether oxygens (including phenoxy) is 1. The minimum absolute atomic E-state index is 0.237. The Morgan fingerprint density at radius 1 is 1.50 bits per heavy atom. The van der Waals surface area contributed by atoms with Crippen molar-refractivity contribution < 1.29 is 9.84 Å². The van der Waals surface area contributed by atoms with Crippen molar-refractivity contribution in [3.63, 3.8) is 0 Å². The maximum atomic E-state index is 9.91. The molecule has 4 heteroatoms. The second kappa shape index (κ2) is 5.59. The van der Waals surface area contributed by atoms with Crippen LogP contribution in [0.25, 0.3) is 0 Å². The summed E-state index contributed by atoms with van der Waals surface area (Å²) in [7, 11) is 2.07. The third kappa shape index (κ3) is 2.71. The molecule has 1 saturated heterocycles. The molecule has 3 atom stereocenters. The smallest absolute Gasteiger partial charge is 0.0782 e. The molecule has 0 saturated carbocycles. The number of aliphatic hydroxyl groups is 1. The van der Waals surface area contributed by atoms with Crippen molar-refractivity contribution in [3.05, 3.63) is 28.2 Å². The zero-order valence-electron chi connectivity index (χ0n) is 11.1. The molecule has 2 rings (SSSR count). The molecule has 1 aromatic rings. The quantitative estimate of drug-likeness (QED) is 0.930. The molecule has 0 radical (unpaired) electrons. The molecule has 3 unspecified atom stereocenters. The molecule has 0 aliphatic carbocycles. The lowest BCUT2D eigenvalue weighted by Crippen LogP contribution is -2.37. The van der Waals surface area contributed by atoms with Gasteiger partial charge in [-0.1, -0.05) is 15.9 Å². The van der Waals surface area contributed by atoms with E-state index in [4.69, 9.17) is 4.74 Å². The van der Waals surface area contributed by atoms with E-state index in [0.29, 0.717) is 6.04 Å². The van der Waals surface area contributed by atoms with E-state index in [-0.39, 0.29) is 6.10 Å². The van der Waals surface area contributed by atoms with Gasteiger partial charge in [-0.15, -0.1) is 0 Å². The van der Waals surface area contributed by atoms with Gasteiger partial charge in [0.05, 0.1) is 18.2 Å². The fraction of sp³-hybridized carbons (Fsp3) is 0.571. The van der Waals surface area contributed by atoms with Gasteiger partial charge in [0.25, 0.3) is 0 Å². The number of nitrogens with zero attached hydrogens (tertiary/aromatic N) is 1. The fourth-order valence-corrected chi connectivity index (χ4v) is 2.97. The van der Waals surface area contributed by atoms with Gasteiger partial charge in [0, 0.05) is 29.4 Å². The lowest BCUT2D eigenvalue weighted by Gasteiger charge is -2.31. The first-order valence-corrected chi connectivity index (χ1v) is 7.12. The molecule has 1 aliphatic rings. The van der Waals surface area contributed by atoms with Crippen molar-refractivity contribution in [3.8, 4) is 0 Å². The number of benzene rings is 1. The predicted octanol–water partition coefficient (Wildman–Crippen LogP) is 3.12. The fourth-order valence-electron chi connectivity index (χ4n) is 2.59. The molecule has 3 nitrogen and oxygen atoms in total. The van der Waals surface area contributed by atoms with Crippen LogP contribution in [0.3, 0.4) is 0 Å². The summed E-state index contributed by atoms with van der Waals surface area (Å²) in [6.45, 7) is 4.72. The first-order valence-electron chi connectivity index (χ1n) is 6.32. The van der Waals surface area contributed by atoms with Crippen LogP contribution < -0.4 is 4.90 Å². The second-order valence-corrected chi connectivity index (χ2v) is 5.84. The van der Waals surface area contributed by atoms with Gasteiger partial charge in [-0.3, -0.25) is 0 Å². The van der Waals surface area contributed by atoms with Crippen LogP contribution in [-0.2, 0) is 4.74 Å². The van der Waals surface area contributed by atoms with Crippen LogP contribution in [0.2, 0.25) is 0 Å². The zero-order chi connectivity index (χ0) is 13.3. The SMILES string of the molecule is CC(O)c1cc(Br)ccc1N(C)C1CCOC1C. The van der Waals surface area contributed by atoms with Gasteiger partial charge < -0.3 is 14.7 Å². The third-order valence-electron chi connectivity index (χ3n) is 3.65. The van der Waals surface area contributed by atoms with Crippen molar-refractivity contribution in [2.75, 3.05) is 18.6 Å². The van der Waals surface area contributed by atoms with Crippen molar-refractivity contribution in [2.45, 2.75) is 38.5 Å². The van der Waals surface area contributed by atoms with Gasteiger partial charge in [0.2, 0.25) is 0 Å². The van der Waals surface area contributed by atoms with Gasteiger partial charge in [0.1, 0.15) is 0 Å². The Hall–Kier alpha value is -0.580. The summed E-state index contributed by atoms with van der Waals surface area (Å²) in [5, 5.41) is 9.91. The van der Waals surface area contributed by atoms with Gasteiger partial charge >= 0.3 is 0 Å². The Morgan fingerprint density at radius 3 is 2.78 bits per heavy atom. The van der Waals surface area contributed by atoms with Gasteiger partial charge in [-0.2, -0.15) is 0 Å². The summed E-state index contributed by atoms with van der Waals surface area (Å²) < 4.78 is 6.61. The topological polar surface area (TPSA) is 32.7 Å². The number of halogens is 1. The van der Waals surface area contributed by atoms with E-state index in [1.807, 2.05) is 12.1 Å². The van der Waals surface area contributed by atoms with Crippen LogP contribution in [0.1, 0.15) is 31.9 Å². The van der Waals surface area contributed by atoms with Gasteiger partial charge in [0.15, 0.2) is 0 Å². The zero-order valence-corrected chi connectivity index (χ0v) is 12.6. The summed E-state index contributed by atoms with van der Waals surface area (Å²) in [6.07, 6.45) is 0.797. The molecule has 1 aromatic carbocycles. The standard InChI is InChI=1S/C14H20BrNO2/c1-9(17)12-8-11(15)4-5-14(12)16(3)13-6-7-18-10(13)2/h4-5,8-10,13,17H,6-7H2,1-3H3. The van der Waals surface area contributed by atoms with Crippen LogP contribution >= 0.6 is 15.9 Å². The van der Waals surface area contributed by atoms with E-state index >= 15 is 0 Å². The number of hydrogen-bond acceptors (Lipinski definition) is 3. The van der Waals surface area contributed by atoms with Crippen LogP contribution in [0.15, 0.2) is 22.7 Å². The molecular formula is C14H20BrNO2. The highest BCUT2D eigenvalue weighted by molar-refractivity contribution is 9.10. The highest BCUT2D eigenvalue weighted by Crippen LogP contribution is 2.32. The normalized spacial score (nSPS) is 25.2. The lowest BCUT2D eigenvalue weighted by molar-refractivity contribution is 0.118. The minimum Gasteiger partial charge on any atom is -0.389 e. The van der Waals surface area contributed by atoms with Crippen molar-refractivity contribution in [2.24, 2.45) is 0 Å². The number of hydrogen-bond donors (Lipinski definition) is 1. The summed E-state index contributed by atoms with van der Waals surface area (Å²) in [4.78, 5) is 2.23. The Labute approximate surface area is 117 Å². The number of aliphatic hydroxyl groups excluding tert-OH is 1. The van der Waals surface area contributed by atoms with E-state index in [9.17, 15) is 5.11 Å². The first kappa shape index (κ1) is 13.8. The van der Waals surface area contributed by atoms with Crippen LogP contribution in [0, 0.1) is 0 Å². The Balaban J connectivity index is 2.32. The van der Waals surface area contributed by atoms with E-state index in [1.54, 1.807) is 6.92 Å². The van der Waals surface area contributed by atoms with Crippen LogP contribution in [-0.4, -0.2) is 30.9 Å². The number of anilines is 1. The summed E-state index contributed by atoms with van der Waals surface area (Å²) in [5.41, 5.74) is 2.03. The molecule has 1 aliphatic heterocycles. The molecule has 18 heavy (non-hydrogen) atoms. The number of rotatable bonds is 3. The van der Waals surface area contributed by atoms with Crippen molar-refractivity contribution >= 4 is 21.6 Å². The van der Waals surface area contributed by atoms with E-state index in [2.05, 4.69) is 40.9 Å². The maximum absolute atomic E-state index is 9.91. The molecule has 1 N–H and O–H groups in total. The van der Waals surface area contributed by atoms with Crippen LogP contribution in [0.4, 0.5) is 5.69 Å². The average molecular weight is 314 g/mol. The van der Waals surface area contributed by atoms with Gasteiger partial charge in [-0.05, 0) is 38.5 Å². The lowest BCUT2D eigenvalue weighted by atomic mass is 10.0. The van der Waals surface area contributed by atoms with E-state index in [0.717, 1.165) is 28.8 Å². The molecule has 0 spiro atoms. The Morgan fingerprint density at radius 2 is 2.22 bits per heavy atom. The first-order chi connectivity index (χ1) is 8.50. The Bertz CT molecular complexity index is 422. The minimum atomic E-state index is -0.474. The number of likely N-dealkylation sites (N-methyl/N-ethyl adjacent to an activating group) is 1. The predicted molar refractivity (Wildman–Crippen MR) is 77.0 cm³/mol. The molecule has 1 fully saturated rings. The summed E-state index contributed by atoms with van der Waals surface area (Å²) in [5.74, 6) is 0. The highest BCUT2D eigenvalue weighted by atomic mass is 79.9.